The average Bonchev–Trinajstić information content (AvgIpc) is 2.95. The van der Waals surface area contributed by atoms with Gasteiger partial charge in [0.15, 0.2) is 11.5 Å². The Morgan fingerprint density at radius 1 is 0.737 bits per heavy atom. The molecule has 0 aliphatic rings. The molecule has 4 aromatic carbocycles. The van der Waals surface area contributed by atoms with Gasteiger partial charge in [0.2, 0.25) is 0 Å². The summed E-state index contributed by atoms with van der Waals surface area (Å²) in [5.41, 5.74) is 1.74. The maximum atomic E-state index is 14.0. The Labute approximate surface area is 233 Å². The number of benzene rings is 4. The van der Waals surface area contributed by atoms with Crippen LogP contribution in [0.5, 0.6) is 23.0 Å². The van der Waals surface area contributed by atoms with Crippen LogP contribution in [-0.2, 0) is 0 Å². The van der Waals surface area contributed by atoms with E-state index >= 15 is 0 Å². The zero-order valence-corrected chi connectivity index (χ0v) is 23.5. The number of methoxy groups -OCH3 is 4. The van der Waals surface area contributed by atoms with Gasteiger partial charge in [0.25, 0.3) is 5.56 Å². The first-order valence-corrected chi connectivity index (χ1v) is 12.8. The standard InChI is InChI=1S/C30H25IN2O5/c1-35-25-17-28(38-4)27(37-3)15-20(25)9-12-29-32-23-14-19-8-6-5-7-18(19)13-22(23)30(34)33(29)24-11-10-21(31)16-26(24)36-2/h5-17H,1-4H3/b12-9+. The van der Waals surface area contributed by atoms with Crippen molar-refractivity contribution in [2.45, 2.75) is 0 Å². The first kappa shape index (κ1) is 25.6. The van der Waals surface area contributed by atoms with Crippen LogP contribution in [0.3, 0.4) is 0 Å². The van der Waals surface area contributed by atoms with Gasteiger partial charge in [0.05, 0.1) is 45.0 Å². The van der Waals surface area contributed by atoms with Crippen LogP contribution in [0.2, 0.25) is 0 Å². The summed E-state index contributed by atoms with van der Waals surface area (Å²) < 4.78 is 24.7. The average molecular weight is 620 g/mol. The van der Waals surface area contributed by atoms with E-state index in [1.54, 1.807) is 45.1 Å². The second-order valence-corrected chi connectivity index (χ2v) is 9.67. The molecule has 0 unspecified atom stereocenters. The highest BCUT2D eigenvalue weighted by molar-refractivity contribution is 14.1. The summed E-state index contributed by atoms with van der Waals surface area (Å²) in [5.74, 6) is 2.71. The molecular weight excluding hydrogens is 595 g/mol. The van der Waals surface area contributed by atoms with Gasteiger partial charge in [-0.25, -0.2) is 4.98 Å². The molecule has 0 aliphatic heterocycles. The molecule has 0 radical (unpaired) electrons. The second kappa shape index (κ2) is 10.7. The minimum absolute atomic E-state index is 0.195. The quantitative estimate of drug-likeness (QED) is 0.156. The largest absolute Gasteiger partial charge is 0.496 e. The molecule has 5 rings (SSSR count). The lowest BCUT2D eigenvalue weighted by Gasteiger charge is -2.16. The summed E-state index contributed by atoms with van der Waals surface area (Å²) in [6.07, 6.45) is 3.63. The molecule has 0 amide bonds. The fourth-order valence-electron chi connectivity index (χ4n) is 4.42. The van der Waals surface area contributed by atoms with Crippen molar-refractivity contribution in [3.8, 4) is 28.7 Å². The highest BCUT2D eigenvalue weighted by atomic mass is 127. The summed E-state index contributed by atoms with van der Waals surface area (Å²) >= 11 is 2.22. The van der Waals surface area contributed by atoms with E-state index in [4.69, 9.17) is 23.9 Å². The maximum Gasteiger partial charge on any atom is 0.266 e. The highest BCUT2D eigenvalue weighted by Crippen LogP contribution is 2.36. The second-order valence-electron chi connectivity index (χ2n) is 8.43. The molecule has 8 heteroatoms. The Morgan fingerprint density at radius 2 is 1.39 bits per heavy atom. The number of aromatic nitrogens is 2. The zero-order chi connectivity index (χ0) is 26.8. The molecule has 1 heterocycles. The normalized spacial score (nSPS) is 11.3. The summed E-state index contributed by atoms with van der Waals surface area (Å²) in [7, 11) is 6.33. The smallest absolute Gasteiger partial charge is 0.266 e. The molecule has 0 N–H and O–H groups in total. The molecule has 0 aliphatic carbocycles. The topological polar surface area (TPSA) is 71.8 Å². The first-order valence-electron chi connectivity index (χ1n) is 11.7. The lowest BCUT2D eigenvalue weighted by Crippen LogP contribution is -2.23. The van der Waals surface area contributed by atoms with E-state index in [1.807, 2.05) is 66.7 Å². The van der Waals surface area contributed by atoms with E-state index in [0.29, 0.717) is 45.4 Å². The molecule has 192 valence electrons. The summed E-state index contributed by atoms with van der Waals surface area (Å²) in [6.45, 7) is 0. The van der Waals surface area contributed by atoms with Crippen molar-refractivity contribution >= 4 is 56.4 Å². The molecule has 0 spiro atoms. The van der Waals surface area contributed by atoms with Gasteiger partial charge in [-0.1, -0.05) is 24.3 Å². The van der Waals surface area contributed by atoms with E-state index in [2.05, 4.69) is 22.6 Å². The van der Waals surface area contributed by atoms with Gasteiger partial charge in [0.1, 0.15) is 17.3 Å². The number of nitrogens with zero attached hydrogens (tertiary/aromatic N) is 2. The number of ether oxygens (including phenoxy) is 4. The van der Waals surface area contributed by atoms with Gasteiger partial charge in [0, 0.05) is 15.2 Å². The van der Waals surface area contributed by atoms with Crippen LogP contribution in [0.15, 0.2) is 71.5 Å². The maximum absolute atomic E-state index is 14.0. The molecule has 0 atom stereocenters. The van der Waals surface area contributed by atoms with Gasteiger partial charge in [-0.3, -0.25) is 9.36 Å². The predicted octanol–water partition coefficient (Wildman–Crippen LogP) is 6.35. The molecule has 0 bridgehead atoms. The lowest BCUT2D eigenvalue weighted by molar-refractivity contribution is 0.348. The fourth-order valence-corrected chi connectivity index (χ4v) is 4.88. The molecule has 5 aromatic rings. The van der Waals surface area contributed by atoms with Crippen LogP contribution in [0.25, 0.3) is 39.5 Å². The van der Waals surface area contributed by atoms with Crippen molar-refractivity contribution in [3.63, 3.8) is 0 Å². The van der Waals surface area contributed by atoms with Crippen molar-refractivity contribution in [3.05, 3.63) is 92.0 Å². The van der Waals surface area contributed by atoms with E-state index in [9.17, 15) is 4.79 Å². The van der Waals surface area contributed by atoms with E-state index < -0.39 is 0 Å². The number of fused-ring (bicyclic) bond motifs is 2. The fraction of sp³-hybridized carbons (Fsp3) is 0.133. The third-order valence-corrected chi connectivity index (χ3v) is 6.96. The Balaban J connectivity index is 1.79. The van der Waals surface area contributed by atoms with Crippen LogP contribution < -0.4 is 24.5 Å². The molecular formula is C30H25IN2O5. The van der Waals surface area contributed by atoms with Crippen LogP contribution in [0, 0.1) is 3.57 Å². The molecule has 1 aromatic heterocycles. The molecule has 0 saturated heterocycles. The summed E-state index contributed by atoms with van der Waals surface area (Å²) in [4.78, 5) is 19.0. The Kier molecular flexibility index (Phi) is 7.24. The summed E-state index contributed by atoms with van der Waals surface area (Å²) in [5, 5.41) is 2.50. The van der Waals surface area contributed by atoms with Crippen LogP contribution in [-0.4, -0.2) is 38.0 Å². The van der Waals surface area contributed by atoms with Crippen molar-refractivity contribution in [1.82, 2.24) is 9.55 Å². The summed E-state index contributed by atoms with van der Waals surface area (Å²) in [6, 6.07) is 21.0. The SMILES string of the molecule is COc1cc(OC)c(OC)cc1/C=C/c1nc2cc3ccccc3cc2c(=O)n1-c1ccc(I)cc1OC. The van der Waals surface area contributed by atoms with Crippen molar-refractivity contribution in [1.29, 1.82) is 0 Å². The van der Waals surface area contributed by atoms with Crippen molar-refractivity contribution in [2.75, 3.05) is 28.4 Å². The third-order valence-electron chi connectivity index (χ3n) is 6.29. The van der Waals surface area contributed by atoms with Crippen LogP contribution in [0.1, 0.15) is 11.4 Å². The predicted molar refractivity (Wildman–Crippen MR) is 159 cm³/mol. The molecule has 38 heavy (non-hydrogen) atoms. The lowest BCUT2D eigenvalue weighted by atomic mass is 10.1. The number of halogens is 1. The van der Waals surface area contributed by atoms with E-state index in [1.165, 1.54) is 0 Å². The Hall–Kier alpha value is -4.05. The minimum atomic E-state index is -0.195. The van der Waals surface area contributed by atoms with Crippen molar-refractivity contribution < 1.29 is 18.9 Å². The van der Waals surface area contributed by atoms with Crippen LogP contribution >= 0.6 is 22.6 Å². The zero-order valence-electron chi connectivity index (χ0n) is 21.3. The molecule has 0 saturated carbocycles. The Bertz CT molecular complexity index is 1760. The van der Waals surface area contributed by atoms with E-state index in [-0.39, 0.29) is 5.56 Å². The van der Waals surface area contributed by atoms with Gasteiger partial charge < -0.3 is 18.9 Å². The first-order chi connectivity index (χ1) is 18.5. The minimum Gasteiger partial charge on any atom is -0.496 e. The van der Waals surface area contributed by atoms with Crippen LogP contribution in [0.4, 0.5) is 0 Å². The molecule has 0 fully saturated rings. The van der Waals surface area contributed by atoms with Crippen molar-refractivity contribution in [2.24, 2.45) is 0 Å². The van der Waals surface area contributed by atoms with Gasteiger partial charge in [-0.05, 0) is 81.9 Å². The van der Waals surface area contributed by atoms with Gasteiger partial charge in [-0.2, -0.15) is 0 Å². The number of hydrogen-bond donors (Lipinski definition) is 0. The molecule has 7 nitrogen and oxygen atoms in total. The van der Waals surface area contributed by atoms with E-state index in [0.717, 1.165) is 19.9 Å². The van der Waals surface area contributed by atoms with Gasteiger partial charge >= 0.3 is 0 Å². The Morgan fingerprint density at radius 3 is 2.08 bits per heavy atom. The highest BCUT2D eigenvalue weighted by Gasteiger charge is 2.17. The number of hydrogen-bond acceptors (Lipinski definition) is 6. The number of rotatable bonds is 7. The van der Waals surface area contributed by atoms with Gasteiger partial charge in [-0.15, -0.1) is 0 Å². The third kappa shape index (κ3) is 4.67. The monoisotopic (exact) mass is 620 g/mol.